The van der Waals surface area contributed by atoms with Crippen LogP contribution in [0.2, 0.25) is 0 Å². The highest BCUT2D eigenvalue weighted by Crippen LogP contribution is 2.29. The molecule has 10 heteroatoms. The lowest BCUT2D eigenvalue weighted by atomic mass is 10.2. The molecule has 1 aliphatic rings. The summed E-state index contributed by atoms with van der Waals surface area (Å²) in [5.41, 5.74) is 3.98. The van der Waals surface area contributed by atoms with Crippen LogP contribution in [0.25, 0.3) is 0 Å². The van der Waals surface area contributed by atoms with Gasteiger partial charge in [0, 0.05) is 12.1 Å². The summed E-state index contributed by atoms with van der Waals surface area (Å²) in [6.45, 7) is 5.16. The topological polar surface area (TPSA) is 122 Å². The van der Waals surface area contributed by atoms with Crippen LogP contribution in [0.15, 0.2) is 47.6 Å². The van der Waals surface area contributed by atoms with Gasteiger partial charge in [0.1, 0.15) is 6.61 Å². The molecule has 3 rings (SSSR count). The van der Waals surface area contributed by atoms with Gasteiger partial charge in [0.25, 0.3) is 5.69 Å². The lowest BCUT2D eigenvalue weighted by Gasteiger charge is -2.20. The maximum atomic E-state index is 12.0. The van der Waals surface area contributed by atoms with Crippen molar-refractivity contribution in [3.63, 3.8) is 0 Å². The van der Waals surface area contributed by atoms with Gasteiger partial charge in [-0.15, -0.1) is 0 Å². The van der Waals surface area contributed by atoms with E-state index in [9.17, 15) is 14.9 Å². The number of hydrogen-bond acceptors (Lipinski definition) is 8. The van der Waals surface area contributed by atoms with Gasteiger partial charge < -0.3 is 18.9 Å². The SMILES string of the molecule is CCOc1cc(/C=N\NC(=O)CC2(C)OCCO2)ccc1OCc1ccc([N+](=O)[O-])cc1. The Balaban J connectivity index is 1.58. The summed E-state index contributed by atoms with van der Waals surface area (Å²) in [7, 11) is 0. The molecule has 10 nitrogen and oxygen atoms in total. The number of benzene rings is 2. The molecule has 1 amide bonds. The van der Waals surface area contributed by atoms with Gasteiger partial charge >= 0.3 is 0 Å². The van der Waals surface area contributed by atoms with Gasteiger partial charge in [0.05, 0.1) is 37.4 Å². The van der Waals surface area contributed by atoms with Crippen LogP contribution in [-0.4, -0.2) is 42.7 Å². The zero-order valence-electron chi connectivity index (χ0n) is 17.9. The second-order valence-corrected chi connectivity index (χ2v) is 7.15. The molecule has 0 radical (unpaired) electrons. The molecule has 0 saturated carbocycles. The van der Waals surface area contributed by atoms with Crippen molar-refractivity contribution in [3.05, 3.63) is 63.7 Å². The Kier molecular flexibility index (Phi) is 7.74. The van der Waals surface area contributed by atoms with Crippen molar-refractivity contribution in [3.8, 4) is 11.5 Å². The van der Waals surface area contributed by atoms with Crippen LogP contribution in [0.4, 0.5) is 5.69 Å². The van der Waals surface area contributed by atoms with Crippen molar-refractivity contribution >= 4 is 17.8 Å². The summed E-state index contributed by atoms with van der Waals surface area (Å²) in [6.07, 6.45) is 1.54. The number of nitro groups is 1. The van der Waals surface area contributed by atoms with E-state index in [1.54, 1.807) is 37.3 Å². The third-order valence-electron chi connectivity index (χ3n) is 4.59. The number of ether oxygens (including phenoxy) is 4. The third-order valence-corrected chi connectivity index (χ3v) is 4.59. The number of amides is 1. The van der Waals surface area contributed by atoms with E-state index in [0.717, 1.165) is 5.56 Å². The molecule has 170 valence electrons. The lowest BCUT2D eigenvalue weighted by molar-refractivity contribution is -0.384. The zero-order valence-corrected chi connectivity index (χ0v) is 17.9. The molecule has 1 fully saturated rings. The average molecular weight is 443 g/mol. The molecule has 0 spiro atoms. The van der Waals surface area contributed by atoms with Gasteiger partial charge in [-0.3, -0.25) is 14.9 Å². The zero-order chi connectivity index (χ0) is 23.0. The molecule has 0 aromatic heterocycles. The quantitative estimate of drug-likeness (QED) is 0.340. The van der Waals surface area contributed by atoms with Gasteiger partial charge in [0.2, 0.25) is 5.91 Å². The number of rotatable bonds is 10. The molecule has 2 aromatic carbocycles. The van der Waals surface area contributed by atoms with Crippen molar-refractivity contribution in [1.82, 2.24) is 5.43 Å². The molecular formula is C22H25N3O7. The van der Waals surface area contributed by atoms with Gasteiger partial charge in [-0.25, -0.2) is 5.43 Å². The van der Waals surface area contributed by atoms with Gasteiger partial charge in [-0.2, -0.15) is 5.10 Å². The Labute approximate surface area is 185 Å². The first-order valence-electron chi connectivity index (χ1n) is 10.1. The third kappa shape index (κ3) is 6.50. The first kappa shape index (κ1) is 23.2. The summed E-state index contributed by atoms with van der Waals surface area (Å²) in [5.74, 6) is -0.191. The standard InChI is InChI=1S/C22H25N3O7/c1-3-29-20-12-17(14-23-24-21(26)13-22(2)31-10-11-32-22)6-9-19(20)30-15-16-4-7-18(8-5-16)25(27)28/h4-9,12,14H,3,10-11,13,15H2,1-2H3,(H,24,26)/b23-14-. The van der Waals surface area contributed by atoms with Gasteiger partial charge in [-0.05, 0) is 55.3 Å². The van der Waals surface area contributed by atoms with Crippen molar-refractivity contribution < 1.29 is 28.7 Å². The number of non-ortho nitro benzene ring substituents is 1. The Hall–Kier alpha value is -3.50. The van der Waals surface area contributed by atoms with E-state index in [4.69, 9.17) is 18.9 Å². The van der Waals surface area contributed by atoms with Crippen LogP contribution in [0.1, 0.15) is 31.4 Å². The fraction of sp³-hybridized carbons (Fsp3) is 0.364. The first-order valence-corrected chi connectivity index (χ1v) is 10.1. The summed E-state index contributed by atoms with van der Waals surface area (Å²) in [4.78, 5) is 22.3. The lowest BCUT2D eigenvalue weighted by Crippen LogP contribution is -2.33. The van der Waals surface area contributed by atoms with E-state index in [0.29, 0.717) is 36.9 Å². The number of nitrogens with zero attached hydrogens (tertiary/aromatic N) is 2. The highest BCUT2D eigenvalue weighted by Gasteiger charge is 2.33. The molecule has 0 aliphatic carbocycles. The molecule has 1 N–H and O–H groups in total. The minimum absolute atomic E-state index is 0.0249. The van der Waals surface area contributed by atoms with Crippen LogP contribution < -0.4 is 14.9 Å². The summed E-state index contributed by atoms with van der Waals surface area (Å²) >= 11 is 0. The Morgan fingerprint density at radius 1 is 1.19 bits per heavy atom. The summed E-state index contributed by atoms with van der Waals surface area (Å²) < 4.78 is 22.3. The minimum atomic E-state index is -0.912. The maximum Gasteiger partial charge on any atom is 0.269 e. The molecule has 1 aliphatic heterocycles. The predicted octanol–water partition coefficient (Wildman–Crippen LogP) is 3.18. The van der Waals surface area contributed by atoms with Gasteiger partial charge in [-0.1, -0.05) is 0 Å². The molecule has 0 atom stereocenters. The molecule has 32 heavy (non-hydrogen) atoms. The number of hydrogen-bond donors (Lipinski definition) is 1. The monoisotopic (exact) mass is 443 g/mol. The molecular weight excluding hydrogens is 418 g/mol. The van der Waals surface area contributed by atoms with Crippen LogP contribution in [0.3, 0.4) is 0 Å². The number of carbonyl (C=O) groups excluding carboxylic acids is 1. The fourth-order valence-electron chi connectivity index (χ4n) is 3.04. The van der Waals surface area contributed by atoms with E-state index in [2.05, 4.69) is 10.5 Å². The normalized spacial score (nSPS) is 14.9. The number of carbonyl (C=O) groups is 1. The molecule has 1 heterocycles. The van der Waals surface area contributed by atoms with Crippen LogP contribution in [-0.2, 0) is 20.9 Å². The van der Waals surface area contributed by atoms with Crippen molar-refractivity contribution in [2.75, 3.05) is 19.8 Å². The molecule has 1 saturated heterocycles. The maximum absolute atomic E-state index is 12.0. The summed E-state index contributed by atoms with van der Waals surface area (Å²) in [6, 6.07) is 11.4. The molecule has 0 unspecified atom stereocenters. The van der Waals surface area contributed by atoms with Crippen LogP contribution in [0, 0.1) is 10.1 Å². The number of nitro benzene ring substituents is 1. The van der Waals surface area contributed by atoms with Gasteiger partial charge in [0.15, 0.2) is 17.3 Å². The highest BCUT2D eigenvalue weighted by atomic mass is 16.7. The van der Waals surface area contributed by atoms with E-state index in [1.165, 1.54) is 18.3 Å². The molecule has 2 aromatic rings. The molecule has 0 bridgehead atoms. The largest absolute Gasteiger partial charge is 0.490 e. The Morgan fingerprint density at radius 3 is 2.56 bits per heavy atom. The smallest absolute Gasteiger partial charge is 0.269 e. The second kappa shape index (κ2) is 10.7. The average Bonchev–Trinajstić information content (AvgIpc) is 3.19. The second-order valence-electron chi connectivity index (χ2n) is 7.15. The van der Waals surface area contributed by atoms with Crippen molar-refractivity contribution in [1.29, 1.82) is 0 Å². The summed E-state index contributed by atoms with van der Waals surface area (Å²) in [5, 5.41) is 14.7. The first-order chi connectivity index (χ1) is 15.4. The van der Waals surface area contributed by atoms with E-state index >= 15 is 0 Å². The van der Waals surface area contributed by atoms with E-state index < -0.39 is 10.7 Å². The Bertz CT molecular complexity index is 970. The number of hydrazone groups is 1. The van der Waals surface area contributed by atoms with E-state index in [1.807, 2.05) is 6.92 Å². The predicted molar refractivity (Wildman–Crippen MR) is 116 cm³/mol. The van der Waals surface area contributed by atoms with E-state index in [-0.39, 0.29) is 24.6 Å². The fourth-order valence-corrected chi connectivity index (χ4v) is 3.04. The van der Waals surface area contributed by atoms with Crippen LogP contribution >= 0.6 is 0 Å². The van der Waals surface area contributed by atoms with Crippen molar-refractivity contribution in [2.45, 2.75) is 32.7 Å². The van der Waals surface area contributed by atoms with Crippen LogP contribution in [0.5, 0.6) is 11.5 Å². The Morgan fingerprint density at radius 2 is 1.91 bits per heavy atom. The number of nitrogens with one attached hydrogen (secondary N) is 1. The highest BCUT2D eigenvalue weighted by molar-refractivity contribution is 5.83. The van der Waals surface area contributed by atoms with Crippen molar-refractivity contribution in [2.24, 2.45) is 5.10 Å². The minimum Gasteiger partial charge on any atom is -0.490 e.